The zero-order valence-electron chi connectivity index (χ0n) is 12.1. The largest absolute Gasteiger partial charge is 0.306 e. The van der Waals surface area contributed by atoms with Gasteiger partial charge in [0.2, 0.25) is 5.56 Å². The first-order valence-corrected chi connectivity index (χ1v) is 8.93. The van der Waals surface area contributed by atoms with E-state index < -0.39 is 0 Å². The number of aromatic nitrogens is 2. The molecule has 4 heterocycles. The van der Waals surface area contributed by atoms with E-state index in [2.05, 4.69) is 9.97 Å². The number of nitrogens with zero attached hydrogens (tertiary/aromatic N) is 2. The number of anilines is 1. The van der Waals surface area contributed by atoms with Crippen LogP contribution in [0.3, 0.4) is 0 Å². The van der Waals surface area contributed by atoms with E-state index in [4.69, 9.17) is 0 Å². The summed E-state index contributed by atoms with van der Waals surface area (Å²) < 4.78 is 0. The first kappa shape index (κ1) is 14.5. The van der Waals surface area contributed by atoms with E-state index >= 15 is 0 Å². The molecule has 2 aromatic heterocycles. The molecule has 2 aliphatic heterocycles. The fourth-order valence-electron chi connectivity index (χ4n) is 2.65. The van der Waals surface area contributed by atoms with Gasteiger partial charge in [-0.1, -0.05) is 0 Å². The topological polar surface area (TPSA) is 83.1 Å². The number of nitrogens with one attached hydrogen (secondary N) is 1. The summed E-state index contributed by atoms with van der Waals surface area (Å²) in [5, 5.41) is 0.786. The Morgan fingerprint density at radius 2 is 1.74 bits per heavy atom. The quantitative estimate of drug-likeness (QED) is 0.794. The highest BCUT2D eigenvalue weighted by Crippen LogP contribution is 2.41. The first-order valence-electron chi connectivity index (χ1n) is 6.95. The molecule has 0 saturated heterocycles. The number of rotatable bonds is 1. The molecule has 4 rings (SSSR count). The van der Waals surface area contributed by atoms with Crippen molar-refractivity contribution in [1.29, 1.82) is 0 Å². The third-order valence-corrected chi connectivity index (χ3v) is 6.24. The van der Waals surface area contributed by atoms with Gasteiger partial charge in [-0.05, 0) is 24.6 Å². The summed E-state index contributed by atoms with van der Waals surface area (Å²) in [7, 11) is 0. The van der Waals surface area contributed by atoms with E-state index in [1.807, 2.05) is 6.92 Å². The number of hydrogen-bond donors (Lipinski definition) is 1. The molecular weight excluding hydrogens is 334 g/mol. The Hall–Kier alpha value is -2.06. The minimum absolute atomic E-state index is 0.240. The number of pyridine rings is 2. The molecule has 6 nitrogen and oxygen atoms in total. The van der Waals surface area contributed by atoms with Crippen molar-refractivity contribution in [3.63, 3.8) is 0 Å². The van der Waals surface area contributed by atoms with Gasteiger partial charge in [0.25, 0.3) is 11.8 Å². The highest BCUT2D eigenvalue weighted by atomic mass is 32.2. The molecule has 23 heavy (non-hydrogen) atoms. The van der Waals surface area contributed by atoms with Crippen molar-refractivity contribution in [2.24, 2.45) is 0 Å². The third kappa shape index (κ3) is 2.21. The second-order valence-corrected chi connectivity index (χ2v) is 7.39. The van der Waals surface area contributed by atoms with Crippen molar-refractivity contribution < 1.29 is 9.59 Å². The molecular formula is C15H11N3O3S2. The van der Waals surface area contributed by atoms with Crippen LogP contribution in [0.2, 0.25) is 0 Å². The summed E-state index contributed by atoms with van der Waals surface area (Å²) in [5.74, 6) is 1.21. The average Bonchev–Trinajstić information content (AvgIpc) is 2.78. The van der Waals surface area contributed by atoms with Crippen LogP contribution >= 0.6 is 23.5 Å². The maximum Gasteiger partial charge on any atom is 0.274 e. The van der Waals surface area contributed by atoms with Gasteiger partial charge in [0.15, 0.2) is 0 Å². The molecule has 2 amide bonds. The molecule has 0 atom stereocenters. The number of carbonyl (C=O) groups excluding carboxylic acids is 2. The van der Waals surface area contributed by atoms with Gasteiger partial charge in [-0.15, -0.1) is 23.5 Å². The lowest BCUT2D eigenvalue weighted by Crippen LogP contribution is -2.32. The van der Waals surface area contributed by atoms with Crippen LogP contribution in [-0.4, -0.2) is 33.3 Å². The maximum absolute atomic E-state index is 12.5. The molecule has 0 aromatic carbocycles. The molecule has 2 aromatic rings. The van der Waals surface area contributed by atoms with Crippen molar-refractivity contribution >= 4 is 52.2 Å². The van der Waals surface area contributed by atoms with Gasteiger partial charge in [0.1, 0.15) is 11.5 Å². The maximum atomic E-state index is 12.5. The molecule has 0 bridgehead atoms. The van der Waals surface area contributed by atoms with E-state index in [0.29, 0.717) is 15.5 Å². The first-order chi connectivity index (χ1) is 11.1. The second kappa shape index (κ2) is 5.24. The Balaban J connectivity index is 1.83. The molecule has 1 N–H and O–H groups in total. The van der Waals surface area contributed by atoms with Gasteiger partial charge in [0.05, 0.1) is 9.81 Å². The molecule has 0 radical (unpaired) electrons. The van der Waals surface area contributed by atoms with E-state index in [-0.39, 0.29) is 23.2 Å². The summed E-state index contributed by atoms with van der Waals surface area (Å²) in [4.78, 5) is 45.7. The van der Waals surface area contributed by atoms with Crippen LogP contribution in [0.25, 0.3) is 11.0 Å². The van der Waals surface area contributed by atoms with Crippen LogP contribution in [0.1, 0.15) is 5.56 Å². The predicted molar refractivity (Wildman–Crippen MR) is 91.5 cm³/mol. The number of aryl methyl sites for hydroxylation is 1. The lowest BCUT2D eigenvalue weighted by atomic mass is 10.2. The SMILES string of the molecule is Cc1cc(=O)[nH]c2nc(N3C(=O)C4=C(SCCS4)C3=O)ccc12. The van der Waals surface area contributed by atoms with Gasteiger partial charge in [0, 0.05) is 23.0 Å². The van der Waals surface area contributed by atoms with E-state index in [9.17, 15) is 14.4 Å². The summed E-state index contributed by atoms with van der Waals surface area (Å²) >= 11 is 2.83. The number of aromatic amines is 1. The van der Waals surface area contributed by atoms with Crippen LogP contribution in [0.5, 0.6) is 0 Å². The summed E-state index contributed by atoms with van der Waals surface area (Å²) in [5.41, 5.74) is 0.908. The number of amides is 2. The Morgan fingerprint density at radius 1 is 1.09 bits per heavy atom. The van der Waals surface area contributed by atoms with Gasteiger partial charge in [-0.25, -0.2) is 9.88 Å². The summed E-state index contributed by atoms with van der Waals surface area (Å²) in [6, 6.07) is 4.89. The van der Waals surface area contributed by atoms with E-state index in [0.717, 1.165) is 27.4 Å². The zero-order chi connectivity index (χ0) is 16.1. The molecule has 0 spiro atoms. The van der Waals surface area contributed by atoms with Crippen molar-refractivity contribution in [1.82, 2.24) is 9.97 Å². The van der Waals surface area contributed by atoms with Gasteiger partial charge >= 0.3 is 0 Å². The Bertz CT molecular complexity index is 936. The predicted octanol–water partition coefficient (Wildman–Crippen LogP) is 1.80. The number of thioether (sulfide) groups is 2. The lowest BCUT2D eigenvalue weighted by molar-refractivity contribution is -0.120. The number of H-pyrrole nitrogens is 1. The standard InChI is InChI=1S/C15H11N3O3S2/c1-7-6-10(19)17-13-8(7)2-3-9(16-13)18-14(20)11-12(15(18)21)23-5-4-22-11/h2-3,6H,4-5H2,1H3,(H,16,17,19). The van der Waals surface area contributed by atoms with E-state index in [1.54, 1.807) is 12.1 Å². The average molecular weight is 345 g/mol. The van der Waals surface area contributed by atoms with Crippen LogP contribution in [0.4, 0.5) is 5.82 Å². The molecule has 116 valence electrons. The molecule has 0 fully saturated rings. The van der Waals surface area contributed by atoms with Crippen LogP contribution < -0.4 is 10.5 Å². The van der Waals surface area contributed by atoms with Crippen LogP contribution in [-0.2, 0) is 9.59 Å². The Kier molecular flexibility index (Phi) is 3.31. The molecule has 0 unspecified atom stereocenters. The van der Waals surface area contributed by atoms with Gasteiger partial charge in [-0.3, -0.25) is 14.4 Å². The van der Waals surface area contributed by atoms with Crippen LogP contribution in [0, 0.1) is 6.92 Å². The Morgan fingerprint density at radius 3 is 2.39 bits per heavy atom. The number of carbonyl (C=O) groups is 2. The fourth-order valence-corrected chi connectivity index (χ4v) is 4.95. The Labute approximate surface area is 139 Å². The summed E-state index contributed by atoms with van der Waals surface area (Å²) in [6.07, 6.45) is 0. The second-order valence-electron chi connectivity index (χ2n) is 5.18. The number of imide groups is 1. The van der Waals surface area contributed by atoms with E-state index in [1.165, 1.54) is 29.6 Å². The minimum Gasteiger partial charge on any atom is -0.306 e. The normalized spacial score (nSPS) is 18.0. The monoisotopic (exact) mass is 345 g/mol. The smallest absolute Gasteiger partial charge is 0.274 e. The molecule has 0 saturated carbocycles. The third-order valence-electron chi connectivity index (χ3n) is 3.70. The molecule has 2 aliphatic rings. The van der Waals surface area contributed by atoms with Crippen molar-refractivity contribution in [2.45, 2.75) is 6.92 Å². The fraction of sp³-hybridized carbons (Fsp3) is 0.200. The molecule has 0 aliphatic carbocycles. The van der Waals surface area contributed by atoms with Crippen molar-refractivity contribution in [2.75, 3.05) is 16.4 Å². The highest BCUT2D eigenvalue weighted by molar-refractivity contribution is 8.11. The van der Waals surface area contributed by atoms with Gasteiger partial charge in [-0.2, -0.15) is 0 Å². The lowest BCUT2D eigenvalue weighted by Gasteiger charge is -2.14. The number of hydrogen-bond acceptors (Lipinski definition) is 6. The van der Waals surface area contributed by atoms with Gasteiger partial charge < -0.3 is 4.98 Å². The zero-order valence-corrected chi connectivity index (χ0v) is 13.7. The summed E-state index contributed by atoms with van der Waals surface area (Å²) in [6.45, 7) is 1.82. The van der Waals surface area contributed by atoms with Crippen molar-refractivity contribution in [3.8, 4) is 0 Å². The molecule has 8 heteroatoms. The van der Waals surface area contributed by atoms with Crippen LogP contribution in [0.15, 0.2) is 32.8 Å². The van der Waals surface area contributed by atoms with Crippen molar-refractivity contribution in [3.05, 3.63) is 43.9 Å². The minimum atomic E-state index is -0.330. The number of fused-ring (bicyclic) bond motifs is 1. The highest BCUT2D eigenvalue weighted by Gasteiger charge is 2.41.